The minimum absolute atomic E-state index is 0.173. The highest BCUT2D eigenvalue weighted by Crippen LogP contribution is 2.42. The smallest absolute Gasteiger partial charge is 0.250 e. The van der Waals surface area contributed by atoms with Gasteiger partial charge in [0, 0.05) is 31.6 Å². The summed E-state index contributed by atoms with van der Waals surface area (Å²) in [5.74, 6) is -3.35. The third-order valence-corrected chi connectivity index (χ3v) is 2.58. The van der Waals surface area contributed by atoms with E-state index in [0.29, 0.717) is 0 Å². The lowest BCUT2D eigenvalue weighted by Gasteiger charge is -2.35. The summed E-state index contributed by atoms with van der Waals surface area (Å²) in [4.78, 5) is 11.2. The molecule has 2 nitrogen and oxygen atoms in total. The van der Waals surface area contributed by atoms with Crippen molar-refractivity contribution >= 4 is 0 Å². The topological polar surface area (TPSA) is 22.0 Å². The number of aromatic nitrogens is 1. The van der Waals surface area contributed by atoms with Crippen LogP contribution in [0.5, 0.6) is 0 Å². The first-order valence-corrected chi connectivity index (χ1v) is 4.70. The number of hydrogen-bond donors (Lipinski definition) is 0. The van der Waals surface area contributed by atoms with E-state index in [1.165, 1.54) is 0 Å². The van der Waals surface area contributed by atoms with Gasteiger partial charge in [-0.2, -0.15) is 0 Å². The number of nitrogens with zero attached hydrogens (tertiary/aromatic N) is 1. The maximum Gasteiger partial charge on any atom is 0.250 e. The zero-order chi connectivity index (χ0) is 11.1. The molecule has 0 saturated heterocycles. The Kier molecular flexibility index (Phi) is 2.32. The SMILES string of the molecule is O=c1ccc(F)cn1CC1CC(F)(F)C1. The van der Waals surface area contributed by atoms with Gasteiger partial charge in [0.25, 0.3) is 5.56 Å². The van der Waals surface area contributed by atoms with Gasteiger partial charge in [0.2, 0.25) is 5.92 Å². The fourth-order valence-electron chi connectivity index (χ4n) is 1.84. The largest absolute Gasteiger partial charge is 0.312 e. The summed E-state index contributed by atoms with van der Waals surface area (Å²) < 4.78 is 38.9. The highest BCUT2D eigenvalue weighted by molar-refractivity contribution is 4.97. The molecule has 0 atom stereocenters. The van der Waals surface area contributed by atoms with Gasteiger partial charge in [-0.25, -0.2) is 13.2 Å². The summed E-state index contributed by atoms with van der Waals surface area (Å²) in [6, 6.07) is 2.17. The Balaban J connectivity index is 2.06. The Morgan fingerprint density at radius 3 is 2.67 bits per heavy atom. The molecule has 0 spiro atoms. The summed E-state index contributed by atoms with van der Waals surface area (Å²) >= 11 is 0. The molecule has 1 aromatic heterocycles. The first-order valence-electron chi connectivity index (χ1n) is 4.70. The van der Waals surface area contributed by atoms with E-state index in [4.69, 9.17) is 0 Å². The molecule has 0 unspecified atom stereocenters. The van der Waals surface area contributed by atoms with Gasteiger partial charge in [0.1, 0.15) is 5.82 Å². The third-order valence-electron chi connectivity index (χ3n) is 2.58. The van der Waals surface area contributed by atoms with Crippen LogP contribution < -0.4 is 5.56 Å². The van der Waals surface area contributed by atoms with Crippen LogP contribution in [0.25, 0.3) is 0 Å². The van der Waals surface area contributed by atoms with Crippen LogP contribution in [0.1, 0.15) is 12.8 Å². The van der Waals surface area contributed by atoms with Crippen molar-refractivity contribution < 1.29 is 13.2 Å². The zero-order valence-corrected chi connectivity index (χ0v) is 7.92. The first-order chi connectivity index (χ1) is 6.96. The van der Waals surface area contributed by atoms with Crippen LogP contribution in [0.3, 0.4) is 0 Å². The molecule has 1 fully saturated rings. The van der Waals surface area contributed by atoms with Crippen molar-refractivity contribution in [3.05, 3.63) is 34.5 Å². The molecule has 2 rings (SSSR count). The van der Waals surface area contributed by atoms with Crippen LogP contribution >= 0.6 is 0 Å². The Morgan fingerprint density at radius 1 is 1.40 bits per heavy atom. The van der Waals surface area contributed by atoms with Crippen LogP contribution in [-0.2, 0) is 6.54 Å². The average Bonchev–Trinajstić information content (AvgIpc) is 2.08. The normalized spacial score (nSPS) is 19.9. The molecule has 15 heavy (non-hydrogen) atoms. The van der Waals surface area contributed by atoms with Gasteiger partial charge in [-0.15, -0.1) is 0 Å². The van der Waals surface area contributed by atoms with E-state index >= 15 is 0 Å². The molecule has 0 aromatic carbocycles. The highest BCUT2D eigenvalue weighted by Gasteiger charge is 2.45. The highest BCUT2D eigenvalue weighted by atomic mass is 19.3. The van der Waals surface area contributed by atoms with Gasteiger partial charge in [0.15, 0.2) is 0 Å². The van der Waals surface area contributed by atoms with Gasteiger partial charge >= 0.3 is 0 Å². The second-order valence-corrected chi connectivity index (χ2v) is 3.97. The molecule has 1 heterocycles. The lowest BCUT2D eigenvalue weighted by Crippen LogP contribution is -2.39. The van der Waals surface area contributed by atoms with Crippen molar-refractivity contribution in [3.8, 4) is 0 Å². The summed E-state index contributed by atoms with van der Waals surface area (Å²) in [7, 11) is 0. The van der Waals surface area contributed by atoms with Crippen LogP contribution in [0.4, 0.5) is 13.2 Å². The predicted octanol–water partition coefficient (Wildman–Crippen LogP) is 2.03. The number of rotatable bonds is 2. The fraction of sp³-hybridized carbons (Fsp3) is 0.500. The number of halogens is 3. The molecule has 0 aliphatic heterocycles. The van der Waals surface area contributed by atoms with Crippen molar-refractivity contribution in [1.29, 1.82) is 0 Å². The Labute approximate surface area is 84.3 Å². The molecular weight excluding hydrogens is 207 g/mol. The number of alkyl halides is 2. The Morgan fingerprint density at radius 2 is 2.07 bits per heavy atom. The first kappa shape index (κ1) is 10.3. The average molecular weight is 217 g/mol. The fourth-order valence-corrected chi connectivity index (χ4v) is 1.84. The van der Waals surface area contributed by atoms with Crippen molar-refractivity contribution in [3.63, 3.8) is 0 Å². The molecule has 82 valence electrons. The third kappa shape index (κ3) is 2.22. The van der Waals surface area contributed by atoms with Crippen molar-refractivity contribution in [2.45, 2.75) is 25.3 Å². The maximum absolute atomic E-state index is 12.8. The molecule has 1 saturated carbocycles. The van der Waals surface area contributed by atoms with E-state index in [2.05, 4.69) is 0 Å². The van der Waals surface area contributed by atoms with Crippen LogP contribution in [-0.4, -0.2) is 10.5 Å². The maximum atomic E-state index is 12.8. The van der Waals surface area contributed by atoms with Crippen molar-refractivity contribution in [2.24, 2.45) is 5.92 Å². The monoisotopic (exact) mass is 217 g/mol. The predicted molar refractivity (Wildman–Crippen MR) is 48.3 cm³/mol. The summed E-state index contributed by atoms with van der Waals surface area (Å²) in [6.07, 6.45) is 0.630. The van der Waals surface area contributed by atoms with E-state index in [1.54, 1.807) is 0 Å². The van der Waals surface area contributed by atoms with Crippen LogP contribution in [0.15, 0.2) is 23.1 Å². The lowest BCUT2D eigenvalue weighted by atomic mass is 9.81. The Bertz CT molecular complexity index is 419. The lowest BCUT2D eigenvalue weighted by molar-refractivity contribution is -0.114. The number of hydrogen-bond acceptors (Lipinski definition) is 1. The number of pyridine rings is 1. The Hall–Kier alpha value is -1.26. The summed E-state index contributed by atoms with van der Waals surface area (Å²) in [5.41, 5.74) is -0.355. The van der Waals surface area contributed by atoms with E-state index in [9.17, 15) is 18.0 Å². The molecule has 0 radical (unpaired) electrons. The van der Waals surface area contributed by atoms with Gasteiger partial charge in [-0.05, 0) is 12.0 Å². The molecular formula is C10H10F3NO. The van der Waals surface area contributed by atoms with Gasteiger partial charge in [-0.3, -0.25) is 4.79 Å². The molecule has 5 heteroatoms. The molecule has 0 N–H and O–H groups in total. The van der Waals surface area contributed by atoms with E-state index in [-0.39, 0.29) is 30.9 Å². The van der Waals surface area contributed by atoms with E-state index in [1.807, 2.05) is 0 Å². The molecule has 0 amide bonds. The van der Waals surface area contributed by atoms with E-state index < -0.39 is 11.7 Å². The van der Waals surface area contributed by atoms with Gasteiger partial charge < -0.3 is 4.57 Å². The van der Waals surface area contributed by atoms with Gasteiger partial charge in [0.05, 0.1) is 0 Å². The van der Waals surface area contributed by atoms with E-state index in [0.717, 1.165) is 22.9 Å². The van der Waals surface area contributed by atoms with Crippen LogP contribution in [0, 0.1) is 11.7 Å². The minimum atomic E-state index is -2.60. The van der Waals surface area contributed by atoms with Crippen molar-refractivity contribution in [1.82, 2.24) is 4.57 Å². The standard InChI is InChI=1S/C10H10F3NO/c11-8-1-2-9(15)14(6-8)5-7-3-10(12,13)4-7/h1-2,6-7H,3-5H2. The molecule has 1 aliphatic carbocycles. The van der Waals surface area contributed by atoms with Crippen molar-refractivity contribution in [2.75, 3.05) is 0 Å². The molecule has 0 bridgehead atoms. The second-order valence-electron chi connectivity index (χ2n) is 3.97. The van der Waals surface area contributed by atoms with Gasteiger partial charge in [-0.1, -0.05) is 0 Å². The van der Waals surface area contributed by atoms with Crippen LogP contribution in [0.2, 0.25) is 0 Å². The minimum Gasteiger partial charge on any atom is -0.312 e. The quantitative estimate of drug-likeness (QED) is 0.743. The zero-order valence-electron chi connectivity index (χ0n) is 7.92. The molecule has 1 aliphatic rings. The summed E-state index contributed by atoms with van der Waals surface area (Å²) in [5, 5.41) is 0. The second kappa shape index (κ2) is 3.40. The molecule has 1 aromatic rings. The summed E-state index contributed by atoms with van der Waals surface area (Å²) in [6.45, 7) is 0.173.